The van der Waals surface area contributed by atoms with E-state index >= 15 is 0 Å². The van der Waals surface area contributed by atoms with Crippen LogP contribution in [-0.2, 0) is 14.2 Å². The van der Waals surface area contributed by atoms with Crippen LogP contribution < -0.4 is 0 Å². The fourth-order valence-electron chi connectivity index (χ4n) is 3.13. The Morgan fingerprint density at radius 2 is 1.30 bits per heavy atom. The zero-order valence-corrected chi connectivity index (χ0v) is 16.5. The minimum Gasteiger partial charge on any atom is -0.331 e. The summed E-state index contributed by atoms with van der Waals surface area (Å²) in [7, 11) is 1.73. The summed E-state index contributed by atoms with van der Waals surface area (Å²) in [5.74, 6) is -0.520. The van der Waals surface area contributed by atoms with E-state index in [1.807, 2.05) is 6.92 Å². The predicted molar refractivity (Wildman–Crippen MR) is 98.6 cm³/mol. The molecule has 0 aromatic carbocycles. The zero-order valence-electron chi connectivity index (χ0n) is 16.5. The van der Waals surface area contributed by atoms with Crippen LogP contribution >= 0.6 is 0 Å². The van der Waals surface area contributed by atoms with Gasteiger partial charge in [-0.25, -0.2) is 0 Å². The largest absolute Gasteiger partial charge is 0.331 e. The molecule has 0 rings (SSSR count). The lowest BCUT2D eigenvalue weighted by atomic mass is 9.92. The third-order valence-electron chi connectivity index (χ3n) is 4.45. The molecule has 0 aromatic rings. The first-order valence-electron chi connectivity index (χ1n) is 10.0. The van der Waals surface area contributed by atoms with E-state index in [-0.39, 0.29) is 0 Å². The highest BCUT2D eigenvalue weighted by Gasteiger charge is 2.40. The smallest absolute Gasteiger partial charge is 0.285 e. The van der Waals surface area contributed by atoms with Crippen molar-refractivity contribution in [1.29, 1.82) is 0 Å². The lowest BCUT2D eigenvalue weighted by Crippen LogP contribution is -2.46. The van der Waals surface area contributed by atoms with Crippen molar-refractivity contribution in [3.8, 4) is 0 Å². The summed E-state index contributed by atoms with van der Waals surface area (Å²) in [6.45, 7) is 9.96. The Morgan fingerprint density at radius 1 is 0.696 bits per heavy atom. The van der Waals surface area contributed by atoms with Gasteiger partial charge in [-0.05, 0) is 26.2 Å². The first-order valence-corrected chi connectivity index (χ1v) is 10.0. The van der Waals surface area contributed by atoms with E-state index in [4.69, 9.17) is 14.2 Å². The summed E-state index contributed by atoms with van der Waals surface area (Å²) in [5.41, 5.74) is 0. The molecule has 0 radical (unpaired) electrons. The van der Waals surface area contributed by atoms with Gasteiger partial charge in [0.2, 0.25) is 0 Å². The van der Waals surface area contributed by atoms with Crippen LogP contribution in [0.2, 0.25) is 0 Å². The second kappa shape index (κ2) is 15.4. The highest BCUT2D eigenvalue weighted by atomic mass is 16.9. The fourth-order valence-corrected chi connectivity index (χ4v) is 3.13. The lowest BCUT2D eigenvalue weighted by Gasteiger charge is -2.38. The molecule has 0 amide bonds. The van der Waals surface area contributed by atoms with E-state index in [2.05, 4.69) is 20.8 Å². The fraction of sp³-hybridized carbons (Fsp3) is 1.00. The Balaban J connectivity index is 4.62. The first-order chi connectivity index (χ1) is 11.2. The summed E-state index contributed by atoms with van der Waals surface area (Å²) >= 11 is 0. The standard InChI is InChI=1S/C20H42O3/c1-6-10-12-13-14-15-17-19(16-11-7-2)20(21-5,22-9-4)23-18-8-3/h19H,6-18H2,1-5H3. The van der Waals surface area contributed by atoms with Gasteiger partial charge in [0.1, 0.15) is 0 Å². The van der Waals surface area contributed by atoms with Gasteiger partial charge >= 0.3 is 0 Å². The molecule has 0 aromatic heterocycles. The van der Waals surface area contributed by atoms with Crippen LogP contribution in [0.3, 0.4) is 0 Å². The number of hydrogen-bond acceptors (Lipinski definition) is 3. The number of ether oxygens (including phenoxy) is 3. The molecular formula is C20H42O3. The van der Waals surface area contributed by atoms with Gasteiger partial charge in [0, 0.05) is 19.6 Å². The molecule has 0 N–H and O–H groups in total. The van der Waals surface area contributed by atoms with E-state index in [9.17, 15) is 0 Å². The Kier molecular flexibility index (Phi) is 15.3. The summed E-state index contributed by atoms with van der Waals surface area (Å²) in [4.78, 5) is 0. The molecule has 140 valence electrons. The predicted octanol–water partition coefficient (Wildman–Crippen LogP) is 6.31. The third-order valence-corrected chi connectivity index (χ3v) is 4.45. The van der Waals surface area contributed by atoms with Gasteiger partial charge in [-0.1, -0.05) is 72.1 Å². The molecule has 23 heavy (non-hydrogen) atoms. The van der Waals surface area contributed by atoms with E-state index in [1.165, 1.54) is 51.4 Å². The SMILES string of the molecule is CCCCCCCCC(CCCC)C(OC)(OCC)OCCC. The molecule has 0 heterocycles. The molecule has 3 heteroatoms. The van der Waals surface area contributed by atoms with Crippen molar-refractivity contribution in [1.82, 2.24) is 0 Å². The molecule has 0 aliphatic heterocycles. The Bertz CT molecular complexity index is 245. The monoisotopic (exact) mass is 330 g/mol. The molecule has 0 fully saturated rings. The minimum atomic E-state index is -0.844. The summed E-state index contributed by atoms with van der Waals surface area (Å²) < 4.78 is 17.9. The van der Waals surface area contributed by atoms with Crippen LogP contribution in [0.15, 0.2) is 0 Å². The lowest BCUT2D eigenvalue weighted by molar-refractivity contribution is -0.397. The maximum absolute atomic E-state index is 6.08. The number of hydrogen-bond donors (Lipinski definition) is 0. The van der Waals surface area contributed by atoms with Gasteiger partial charge in [0.15, 0.2) is 0 Å². The highest BCUT2D eigenvalue weighted by molar-refractivity contribution is 4.72. The molecule has 3 nitrogen and oxygen atoms in total. The van der Waals surface area contributed by atoms with Gasteiger partial charge in [-0.15, -0.1) is 0 Å². The van der Waals surface area contributed by atoms with E-state index in [0.29, 0.717) is 19.1 Å². The molecule has 2 atom stereocenters. The van der Waals surface area contributed by atoms with Crippen LogP contribution in [0.1, 0.15) is 98.3 Å². The average molecular weight is 331 g/mol. The van der Waals surface area contributed by atoms with Gasteiger partial charge in [-0.3, -0.25) is 0 Å². The summed E-state index contributed by atoms with van der Waals surface area (Å²) in [6, 6.07) is 0. The molecule has 0 bridgehead atoms. The van der Waals surface area contributed by atoms with Crippen LogP contribution in [-0.4, -0.2) is 26.3 Å². The van der Waals surface area contributed by atoms with Crippen molar-refractivity contribution in [2.75, 3.05) is 20.3 Å². The Labute approximate surface area is 145 Å². The van der Waals surface area contributed by atoms with Crippen molar-refractivity contribution < 1.29 is 14.2 Å². The maximum atomic E-state index is 6.08. The molecule has 0 saturated heterocycles. The quantitative estimate of drug-likeness (QED) is 0.231. The molecule has 2 unspecified atom stereocenters. The number of methoxy groups -OCH3 is 1. The molecule has 0 saturated carbocycles. The van der Waals surface area contributed by atoms with Crippen molar-refractivity contribution in [2.24, 2.45) is 5.92 Å². The van der Waals surface area contributed by atoms with Crippen LogP contribution in [0.4, 0.5) is 0 Å². The molecule has 0 spiro atoms. The van der Waals surface area contributed by atoms with Crippen LogP contribution in [0.25, 0.3) is 0 Å². The van der Waals surface area contributed by atoms with E-state index in [0.717, 1.165) is 19.3 Å². The van der Waals surface area contributed by atoms with E-state index in [1.54, 1.807) is 7.11 Å². The van der Waals surface area contributed by atoms with Crippen molar-refractivity contribution in [3.05, 3.63) is 0 Å². The Hall–Kier alpha value is -0.120. The topological polar surface area (TPSA) is 27.7 Å². The second-order valence-corrected chi connectivity index (χ2v) is 6.48. The van der Waals surface area contributed by atoms with Gasteiger partial charge in [0.25, 0.3) is 5.97 Å². The van der Waals surface area contributed by atoms with Gasteiger partial charge in [-0.2, -0.15) is 0 Å². The van der Waals surface area contributed by atoms with Crippen LogP contribution in [0, 0.1) is 5.92 Å². The normalized spacial score (nSPS) is 15.5. The maximum Gasteiger partial charge on any atom is 0.285 e. The summed E-state index contributed by atoms with van der Waals surface area (Å²) in [5, 5.41) is 0. The zero-order chi connectivity index (χ0) is 17.4. The summed E-state index contributed by atoms with van der Waals surface area (Å²) in [6.07, 6.45) is 13.6. The second-order valence-electron chi connectivity index (χ2n) is 6.48. The average Bonchev–Trinajstić information content (AvgIpc) is 2.57. The minimum absolute atomic E-state index is 0.324. The number of rotatable bonds is 17. The van der Waals surface area contributed by atoms with Crippen molar-refractivity contribution >= 4 is 0 Å². The van der Waals surface area contributed by atoms with Gasteiger partial charge in [0.05, 0.1) is 6.61 Å². The number of unbranched alkanes of at least 4 members (excludes halogenated alkanes) is 6. The Morgan fingerprint density at radius 3 is 1.87 bits per heavy atom. The molecule has 0 aliphatic carbocycles. The molecule has 0 aliphatic rings. The first kappa shape index (κ1) is 22.9. The highest BCUT2D eigenvalue weighted by Crippen LogP contribution is 2.34. The van der Waals surface area contributed by atoms with Crippen molar-refractivity contribution in [2.45, 2.75) is 104 Å². The van der Waals surface area contributed by atoms with Crippen molar-refractivity contribution in [3.63, 3.8) is 0 Å². The van der Waals surface area contributed by atoms with Crippen LogP contribution in [0.5, 0.6) is 0 Å². The molecular weight excluding hydrogens is 288 g/mol. The van der Waals surface area contributed by atoms with Gasteiger partial charge < -0.3 is 14.2 Å². The third kappa shape index (κ3) is 9.69. The van der Waals surface area contributed by atoms with E-state index < -0.39 is 5.97 Å².